The first kappa shape index (κ1) is 4.40. The fourth-order valence-corrected chi connectivity index (χ4v) is 0.0398. The molecule has 0 rings (SSSR count). The van der Waals surface area contributed by atoms with Gasteiger partial charge in [0, 0.05) is 10.7 Å². The number of halogens is 1. The number of hydrogen-bond donors (Lipinski definition) is 0. The fourth-order valence-electron chi connectivity index (χ4n) is 0.0398. The van der Waals surface area contributed by atoms with Crippen molar-refractivity contribution in [3.8, 4) is 0 Å². The summed E-state index contributed by atoms with van der Waals surface area (Å²) in [5.74, 6) is 0. The predicted molar refractivity (Wildman–Crippen MR) is 16.4 cm³/mol. The number of rotatable bonds is 1. The summed E-state index contributed by atoms with van der Waals surface area (Å²) in [6.45, 7) is 1.56. The molecule has 0 aliphatic heterocycles. The molecule has 0 atom stereocenters. The Labute approximate surface area is 29.1 Å². The zero-order chi connectivity index (χ0) is 4.12. The van der Waals surface area contributed by atoms with Crippen LogP contribution in [0.15, 0.2) is 5.16 Å². The molecule has 0 unspecified atom stereocenters. The smallest absolute Gasteiger partial charge is 0.0450 e. The van der Waals surface area contributed by atoms with Crippen LogP contribution in [0, 0.1) is 0 Å². The third kappa shape index (κ3) is 3.40. The van der Waals surface area contributed by atoms with Crippen molar-refractivity contribution < 1.29 is 9.57 Å². The molecular formula is C2H4FNO. The molecule has 0 fully saturated rings. The number of nitrogens with zero attached hydrogens (tertiary/aromatic N) is 1. The van der Waals surface area contributed by atoms with E-state index < -0.39 is 0 Å². The van der Waals surface area contributed by atoms with Gasteiger partial charge in [0.2, 0.25) is 0 Å². The Kier molecular flexibility index (Phi) is 2.99. The minimum Gasteiger partial charge on any atom is -0.174 e. The Morgan fingerprint density at radius 1 is 2.00 bits per heavy atom. The van der Waals surface area contributed by atoms with Crippen molar-refractivity contribution in [1.29, 1.82) is 0 Å². The van der Waals surface area contributed by atoms with E-state index in [2.05, 4.69) is 10.2 Å². The first-order chi connectivity index (χ1) is 2.41. The van der Waals surface area contributed by atoms with Gasteiger partial charge >= 0.3 is 0 Å². The average Bonchev–Trinajstić information content (AvgIpc) is 1.41. The van der Waals surface area contributed by atoms with Crippen molar-refractivity contribution >= 4 is 6.21 Å². The standard InChI is InChI=1S/C2H4FNO/c1-2-4-5-3/h2H,1H3. The second-order valence-corrected chi connectivity index (χ2v) is 0.433. The van der Waals surface area contributed by atoms with Crippen LogP contribution < -0.4 is 0 Å². The lowest BCUT2D eigenvalue weighted by Gasteiger charge is -1.65. The van der Waals surface area contributed by atoms with Crippen LogP contribution in [0.25, 0.3) is 0 Å². The maximum atomic E-state index is 10.3. The summed E-state index contributed by atoms with van der Waals surface area (Å²) < 4.78 is 10.3. The average molecular weight is 77.1 g/mol. The highest BCUT2D eigenvalue weighted by Gasteiger charge is 1.53. The van der Waals surface area contributed by atoms with E-state index in [1.807, 2.05) is 0 Å². The van der Waals surface area contributed by atoms with Gasteiger partial charge in [0.1, 0.15) is 0 Å². The van der Waals surface area contributed by atoms with Crippen LogP contribution in [-0.2, 0) is 5.04 Å². The molecule has 0 aromatic rings. The lowest BCUT2D eigenvalue weighted by molar-refractivity contribution is -0.130. The van der Waals surface area contributed by atoms with E-state index in [-0.39, 0.29) is 0 Å². The largest absolute Gasteiger partial charge is 0.174 e. The molecule has 0 heterocycles. The van der Waals surface area contributed by atoms with Gasteiger partial charge < -0.3 is 0 Å². The second-order valence-electron chi connectivity index (χ2n) is 0.433. The van der Waals surface area contributed by atoms with E-state index in [1.54, 1.807) is 6.92 Å². The van der Waals surface area contributed by atoms with Crippen molar-refractivity contribution in [1.82, 2.24) is 0 Å². The minimum atomic E-state index is 1.21. The summed E-state index contributed by atoms with van der Waals surface area (Å²) in [6, 6.07) is 0. The van der Waals surface area contributed by atoms with Gasteiger partial charge in [0.25, 0.3) is 0 Å². The molecular weight excluding hydrogens is 73.0 g/mol. The lowest BCUT2D eigenvalue weighted by atomic mass is 10.9. The van der Waals surface area contributed by atoms with E-state index in [0.29, 0.717) is 0 Å². The Morgan fingerprint density at radius 3 is 2.60 bits per heavy atom. The maximum Gasteiger partial charge on any atom is 0.0450 e. The third-order valence-corrected chi connectivity index (χ3v) is 0.145. The summed E-state index contributed by atoms with van der Waals surface area (Å²) in [6.07, 6.45) is 1.21. The van der Waals surface area contributed by atoms with E-state index >= 15 is 0 Å². The summed E-state index contributed by atoms with van der Waals surface area (Å²) >= 11 is 0. The molecule has 0 spiro atoms. The topological polar surface area (TPSA) is 21.6 Å². The summed E-state index contributed by atoms with van der Waals surface area (Å²) in [7, 11) is 0. The van der Waals surface area contributed by atoms with Gasteiger partial charge in [-0.3, -0.25) is 0 Å². The van der Waals surface area contributed by atoms with Crippen molar-refractivity contribution in [2.24, 2.45) is 5.16 Å². The highest BCUT2D eigenvalue weighted by atomic mass is 19.3. The van der Waals surface area contributed by atoms with E-state index in [0.717, 1.165) is 0 Å². The maximum absolute atomic E-state index is 10.3. The molecule has 5 heavy (non-hydrogen) atoms. The zero-order valence-corrected chi connectivity index (χ0v) is 2.81. The Balaban J connectivity index is 2.62. The minimum absolute atomic E-state index is 1.21. The molecule has 0 radical (unpaired) electrons. The lowest BCUT2D eigenvalue weighted by Crippen LogP contribution is -1.56. The quantitative estimate of drug-likeness (QED) is 0.336. The normalized spacial score (nSPS) is 9.20. The molecule has 2 nitrogen and oxygen atoms in total. The van der Waals surface area contributed by atoms with E-state index in [9.17, 15) is 4.53 Å². The molecule has 0 N–H and O–H groups in total. The van der Waals surface area contributed by atoms with Crippen molar-refractivity contribution in [2.45, 2.75) is 6.92 Å². The molecule has 0 amide bonds. The second kappa shape index (κ2) is 3.40. The highest BCUT2D eigenvalue weighted by Crippen LogP contribution is 1.66. The van der Waals surface area contributed by atoms with Crippen LogP contribution in [0.3, 0.4) is 0 Å². The van der Waals surface area contributed by atoms with Gasteiger partial charge in [0.05, 0.1) is 0 Å². The molecule has 0 saturated heterocycles. The Morgan fingerprint density at radius 2 is 2.60 bits per heavy atom. The molecule has 0 aliphatic rings. The first-order valence-corrected chi connectivity index (χ1v) is 1.17. The predicted octanol–water partition coefficient (Wildman–Crippen LogP) is 0.893. The molecule has 0 aromatic carbocycles. The van der Waals surface area contributed by atoms with E-state index in [4.69, 9.17) is 0 Å². The van der Waals surface area contributed by atoms with E-state index in [1.165, 1.54) is 6.21 Å². The summed E-state index contributed by atoms with van der Waals surface area (Å²) in [4.78, 5) is 0. The first-order valence-electron chi connectivity index (χ1n) is 1.17. The van der Waals surface area contributed by atoms with Gasteiger partial charge in [-0.2, -0.15) is 5.04 Å². The molecule has 30 valence electrons. The Hall–Kier alpha value is -0.600. The van der Waals surface area contributed by atoms with Crippen LogP contribution >= 0.6 is 0 Å². The summed E-state index contributed by atoms with van der Waals surface area (Å²) in [5.41, 5.74) is 0. The molecule has 0 bridgehead atoms. The molecule has 0 saturated carbocycles. The zero-order valence-electron chi connectivity index (χ0n) is 2.81. The van der Waals surface area contributed by atoms with Gasteiger partial charge in [-0.1, -0.05) is 5.16 Å². The van der Waals surface area contributed by atoms with Crippen LogP contribution in [-0.4, -0.2) is 6.21 Å². The Bertz CT molecular complexity index is 36.6. The number of oxime groups is 1. The van der Waals surface area contributed by atoms with Crippen LogP contribution in [0.2, 0.25) is 0 Å². The van der Waals surface area contributed by atoms with Gasteiger partial charge in [-0.25, -0.2) is 0 Å². The van der Waals surface area contributed by atoms with Crippen molar-refractivity contribution in [2.75, 3.05) is 0 Å². The van der Waals surface area contributed by atoms with Crippen LogP contribution in [0.5, 0.6) is 0 Å². The number of hydrogen-bond acceptors (Lipinski definition) is 2. The highest BCUT2D eigenvalue weighted by molar-refractivity contribution is 5.51. The monoisotopic (exact) mass is 77.0 g/mol. The fraction of sp³-hybridized carbons (Fsp3) is 0.500. The van der Waals surface area contributed by atoms with Gasteiger partial charge in [-0.05, 0) is 6.92 Å². The van der Waals surface area contributed by atoms with Crippen molar-refractivity contribution in [3.05, 3.63) is 0 Å². The van der Waals surface area contributed by atoms with Gasteiger partial charge in [-0.15, -0.1) is 0 Å². The van der Waals surface area contributed by atoms with Crippen molar-refractivity contribution in [3.63, 3.8) is 0 Å². The van der Waals surface area contributed by atoms with Crippen LogP contribution in [0.4, 0.5) is 4.53 Å². The molecule has 3 heteroatoms. The summed E-state index contributed by atoms with van der Waals surface area (Å²) in [5, 5.41) is 5.44. The SMILES string of the molecule is CC=NOF. The van der Waals surface area contributed by atoms with Crippen LogP contribution in [0.1, 0.15) is 6.92 Å². The molecule has 0 aromatic heterocycles. The third-order valence-electron chi connectivity index (χ3n) is 0.145. The van der Waals surface area contributed by atoms with Gasteiger partial charge in [0.15, 0.2) is 0 Å². The molecule has 0 aliphatic carbocycles.